The van der Waals surface area contributed by atoms with Gasteiger partial charge in [0.15, 0.2) is 5.82 Å². The lowest BCUT2D eigenvalue weighted by molar-refractivity contribution is -0.136. The van der Waals surface area contributed by atoms with E-state index in [1.54, 1.807) is 19.4 Å². The molecule has 0 radical (unpaired) electrons. The highest BCUT2D eigenvalue weighted by Gasteiger charge is 2.46. The maximum atomic E-state index is 15.9. The number of nitrogens with zero attached hydrogens (tertiary/aromatic N) is 10. The number of rotatable bonds is 10. The molecule has 316 valence electrons. The van der Waals surface area contributed by atoms with Crippen molar-refractivity contribution < 1.29 is 28.3 Å². The van der Waals surface area contributed by atoms with Crippen LogP contribution < -0.4 is 20.4 Å². The smallest absolute Gasteiger partial charge is 0.265 e. The van der Waals surface area contributed by atoms with Gasteiger partial charge in [0.05, 0.1) is 28.1 Å². The Morgan fingerprint density at radius 1 is 0.883 bits per heavy atom. The van der Waals surface area contributed by atoms with Crippen LogP contribution >= 0.6 is 0 Å². The molecule has 17 nitrogen and oxygen atoms in total. The summed E-state index contributed by atoms with van der Waals surface area (Å²) in [4.78, 5) is 74.8. The van der Waals surface area contributed by atoms with Gasteiger partial charge in [-0.3, -0.25) is 43.9 Å². The number of carbonyl (C=O) groups excluding carboxylic acids is 4. The molecule has 8 heterocycles. The molecule has 1 unspecified atom stereocenters. The van der Waals surface area contributed by atoms with Crippen LogP contribution in [0.1, 0.15) is 84.7 Å². The molecular formula is C42H51FN12O5. The molecule has 60 heavy (non-hydrogen) atoms. The predicted octanol–water partition coefficient (Wildman–Crippen LogP) is 3.49. The molecule has 1 atom stereocenters. The van der Waals surface area contributed by atoms with E-state index in [1.165, 1.54) is 6.07 Å². The highest BCUT2D eigenvalue weighted by Crippen LogP contribution is 2.34. The molecule has 5 aliphatic rings. The Morgan fingerprint density at radius 2 is 1.65 bits per heavy atom. The van der Waals surface area contributed by atoms with E-state index < -0.39 is 35.5 Å². The van der Waals surface area contributed by atoms with Crippen LogP contribution in [0.25, 0.3) is 10.9 Å². The number of aromatic nitrogens is 5. The van der Waals surface area contributed by atoms with Crippen molar-refractivity contribution in [1.82, 2.24) is 44.7 Å². The molecule has 0 bridgehead atoms. The van der Waals surface area contributed by atoms with Gasteiger partial charge in [0.1, 0.15) is 23.5 Å². The van der Waals surface area contributed by atoms with Crippen LogP contribution in [-0.4, -0.2) is 141 Å². The number of fused-ring (bicyclic) bond motifs is 2. The lowest BCUT2D eigenvalue weighted by Gasteiger charge is -2.43. The Kier molecular flexibility index (Phi) is 10.9. The topological polar surface area (TPSA) is 174 Å². The average molecular weight is 823 g/mol. The molecule has 5 aliphatic heterocycles. The third-order valence-electron chi connectivity index (χ3n) is 12.7. The first-order valence-corrected chi connectivity index (χ1v) is 21.1. The third kappa shape index (κ3) is 7.55. The van der Waals surface area contributed by atoms with E-state index in [2.05, 4.69) is 53.7 Å². The average Bonchev–Trinajstić information content (AvgIpc) is 3.76. The number of piperazine rings is 1. The van der Waals surface area contributed by atoms with E-state index in [1.807, 2.05) is 18.3 Å². The molecule has 4 saturated heterocycles. The van der Waals surface area contributed by atoms with E-state index in [0.717, 1.165) is 99.7 Å². The van der Waals surface area contributed by atoms with Crippen molar-refractivity contribution >= 4 is 57.9 Å². The second-order valence-corrected chi connectivity index (χ2v) is 16.7. The zero-order valence-corrected chi connectivity index (χ0v) is 34.3. The summed E-state index contributed by atoms with van der Waals surface area (Å²) < 4.78 is 23.5. The van der Waals surface area contributed by atoms with Crippen LogP contribution in [0.4, 0.5) is 27.8 Å². The summed E-state index contributed by atoms with van der Waals surface area (Å²) in [6.07, 6.45) is 7.74. The zero-order chi connectivity index (χ0) is 41.7. The summed E-state index contributed by atoms with van der Waals surface area (Å²) >= 11 is 0. The zero-order valence-electron chi connectivity index (χ0n) is 34.3. The minimum absolute atomic E-state index is 0.00483. The normalized spacial score (nSPS) is 21.4. The van der Waals surface area contributed by atoms with Gasteiger partial charge in [0.25, 0.3) is 11.8 Å². The number of likely N-dealkylation sites (tertiary alicyclic amines) is 1. The van der Waals surface area contributed by atoms with Crippen LogP contribution in [-0.2, 0) is 20.9 Å². The molecule has 3 aromatic heterocycles. The summed E-state index contributed by atoms with van der Waals surface area (Å²) in [6, 6.07) is 6.35. The lowest BCUT2D eigenvalue weighted by atomic mass is 10.00. The Labute approximate surface area is 347 Å². The first-order chi connectivity index (χ1) is 29.1. The van der Waals surface area contributed by atoms with Gasteiger partial charge in [-0.25, -0.2) is 14.4 Å². The van der Waals surface area contributed by atoms with Crippen molar-refractivity contribution in [2.24, 2.45) is 0 Å². The summed E-state index contributed by atoms with van der Waals surface area (Å²) in [6.45, 7) is 11.3. The second kappa shape index (κ2) is 16.5. The maximum Gasteiger partial charge on any atom is 0.265 e. The van der Waals surface area contributed by atoms with Crippen LogP contribution in [0.2, 0.25) is 0 Å². The lowest BCUT2D eigenvalue weighted by Crippen LogP contribution is -2.54. The van der Waals surface area contributed by atoms with E-state index in [4.69, 9.17) is 19.8 Å². The summed E-state index contributed by atoms with van der Waals surface area (Å²) in [5, 5.41) is 11.7. The summed E-state index contributed by atoms with van der Waals surface area (Å²) in [7, 11) is 1.76. The van der Waals surface area contributed by atoms with E-state index in [9.17, 15) is 19.2 Å². The number of pyridine rings is 1. The summed E-state index contributed by atoms with van der Waals surface area (Å²) in [5.41, 5.74) is 1.01. The van der Waals surface area contributed by atoms with Gasteiger partial charge in [-0.2, -0.15) is 10.1 Å². The van der Waals surface area contributed by atoms with E-state index in [-0.39, 0.29) is 36.1 Å². The summed E-state index contributed by atoms with van der Waals surface area (Å²) in [5.74, 6) is -0.426. The van der Waals surface area contributed by atoms with E-state index >= 15 is 4.39 Å². The van der Waals surface area contributed by atoms with Crippen molar-refractivity contribution in [2.75, 3.05) is 74.6 Å². The number of halogens is 1. The number of piperidine rings is 3. The predicted molar refractivity (Wildman–Crippen MR) is 221 cm³/mol. The molecule has 4 amide bonds. The number of nitrogens with one attached hydrogen (secondary N) is 2. The minimum Gasteiger partial charge on any atom is -0.381 e. The number of hydrogen-bond acceptors (Lipinski definition) is 14. The first-order valence-electron chi connectivity index (χ1n) is 21.1. The molecule has 0 aliphatic carbocycles. The number of carbonyl (C=O) groups is 4. The number of imide groups is 2. The molecule has 1 aromatic carbocycles. The standard InChI is InChI=1S/C42H51FN12O5/c1-25(2)55-32-22-34(46-33-8-13-44-42(47-33)53-16-11-28(60-3)12-17-53)45-23-30(32)38(49-55)52-20-18-51(19-21-52)27-9-14-50(15-10-27)24-26-4-5-29-36(37(26)43)41(59)54(40(29)58)31-6-7-35(56)48-39(31)57/h4-5,8,13,22-23,25,27-28,31H,6-7,9-12,14-21,24H2,1-3H3,(H,48,56,57)(H,44,45,46,47). The quantitative estimate of drug-likeness (QED) is 0.223. The highest BCUT2D eigenvalue weighted by molar-refractivity contribution is 6.23. The monoisotopic (exact) mass is 822 g/mol. The Bertz CT molecular complexity index is 2310. The molecule has 4 aromatic rings. The van der Waals surface area contributed by atoms with Gasteiger partial charge >= 0.3 is 0 Å². The Hall–Kier alpha value is -5.59. The fourth-order valence-electron chi connectivity index (χ4n) is 9.37. The van der Waals surface area contributed by atoms with Crippen LogP contribution in [0, 0.1) is 5.82 Å². The van der Waals surface area contributed by atoms with Gasteiger partial charge in [-0.05, 0) is 71.2 Å². The fraction of sp³-hybridized carbons (Fsp3) is 0.524. The fourth-order valence-corrected chi connectivity index (χ4v) is 9.37. The largest absolute Gasteiger partial charge is 0.381 e. The SMILES string of the molecule is COC1CCN(c2nccc(Nc3cc4c(cn3)c(N3CCN(C5CCN(Cc6ccc7c(c6F)C(=O)N(C6CCC(=O)NC6=O)C7=O)CC5)CC3)nn4C(C)C)n2)CC1. The van der Waals surface area contributed by atoms with Crippen LogP contribution in [0.3, 0.4) is 0 Å². The molecular weight excluding hydrogens is 772 g/mol. The Morgan fingerprint density at radius 3 is 2.37 bits per heavy atom. The number of ether oxygens (including phenoxy) is 1. The van der Waals surface area contributed by atoms with Crippen molar-refractivity contribution in [3.63, 3.8) is 0 Å². The number of anilines is 4. The van der Waals surface area contributed by atoms with Gasteiger partial charge in [-0.1, -0.05) is 6.07 Å². The molecule has 4 fully saturated rings. The Balaban J connectivity index is 0.802. The van der Waals surface area contributed by atoms with Gasteiger partial charge < -0.3 is 19.9 Å². The molecule has 9 rings (SSSR count). The van der Waals surface area contributed by atoms with Gasteiger partial charge in [0, 0.05) is 95.5 Å². The van der Waals surface area contributed by atoms with Crippen molar-refractivity contribution in [1.29, 1.82) is 0 Å². The maximum absolute atomic E-state index is 15.9. The van der Waals surface area contributed by atoms with Gasteiger partial charge in [-0.15, -0.1) is 0 Å². The molecule has 0 spiro atoms. The van der Waals surface area contributed by atoms with Crippen LogP contribution in [0.5, 0.6) is 0 Å². The third-order valence-corrected chi connectivity index (χ3v) is 12.7. The van der Waals surface area contributed by atoms with Crippen molar-refractivity contribution in [3.8, 4) is 0 Å². The van der Waals surface area contributed by atoms with Crippen molar-refractivity contribution in [3.05, 3.63) is 59.2 Å². The number of benzene rings is 1. The first kappa shape index (κ1) is 39.8. The number of hydrogen-bond donors (Lipinski definition) is 2. The molecule has 2 N–H and O–H groups in total. The minimum atomic E-state index is -1.13. The molecule has 18 heteroatoms. The highest BCUT2D eigenvalue weighted by atomic mass is 19.1. The van der Waals surface area contributed by atoms with Crippen LogP contribution in [0.15, 0.2) is 36.7 Å². The van der Waals surface area contributed by atoms with Crippen molar-refractivity contribution in [2.45, 2.75) is 83.1 Å². The van der Waals surface area contributed by atoms with E-state index in [0.29, 0.717) is 35.7 Å². The number of methoxy groups -OCH3 is 1. The molecule has 0 saturated carbocycles. The van der Waals surface area contributed by atoms with Gasteiger partial charge in [0.2, 0.25) is 17.8 Å². The second-order valence-electron chi connectivity index (χ2n) is 16.7. The number of amides is 4.